The van der Waals surface area contributed by atoms with Crippen molar-refractivity contribution in [1.82, 2.24) is 5.32 Å². The Morgan fingerprint density at radius 1 is 1.22 bits per heavy atom. The molecule has 0 saturated heterocycles. The lowest BCUT2D eigenvalue weighted by Crippen LogP contribution is -2.41. The highest BCUT2D eigenvalue weighted by molar-refractivity contribution is 5.96. The molecule has 3 rings (SSSR count). The fourth-order valence-electron chi connectivity index (χ4n) is 3.10. The molecule has 0 saturated carbocycles. The Morgan fingerprint density at radius 2 is 1.96 bits per heavy atom. The molecule has 1 unspecified atom stereocenters. The van der Waals surface area contributed by atoms with Gasteiger partial charge >= 0.3 is 0 Å². The van der Waals surface area contributed by atoms with E-state index < -0.39 is 0 Å². The molecule has 1 atom stereocenters. The first-order chi connectivity index (χ1) is 11.2. The summed E-state index contributed by atoms with van der Waals surface area (Å²) < 4.78 is 5.25. The van der Waals surface area contributed by atoms with E-state index in [1.807, 2.05) is 12.1 Å². The van der Waals surface area contributed by atoms with Gasteiger partial charge in [-0.2, -0.15) is 0 Å². The van der Waals surface area contributed by atoms with Gasteiger partial charge in [-0.3, -0.25) is 4.79 Å². The van der Waals surface area contributed by atoms with Crippen LogP contribution in [0.1, 0.15) is 22.8 Å². The van der Waals surface area contributed by atoms with Crippen molar-refractivity contribution in [3.8, 4) is 5.75 Å². The van der Waals surface area contributed by atoms with E-state index in [0.29, 0.717) is 17.9 Å². The van der Waals surface area contributed by atoms with Gasteiger partial charge in [-0.05, 0) is 37.1 Å². The maximum absolute atomic E-state index is 12.4. The number of carbonyl (C=O) groups excluding carboxylic acids is 1. The summed E-state index contributed by atoms with van der Waals surface area (Å²) >= 11 is 0. The first kappa shape index (κ1) is 15.4. The largest absolute Gasteiger partial charge is 0.496 e. The van der Waals surface area contributed by atoms with E-state index in [2.05, 4.69) is 41.4 Å². The van der Waals surface area contributed by atoms with Crippen LogP contribution in [0.4, 0.5) is 5.69 Å². The van der Waals surface area contributed by atoms with E-state index in [-0.39, 0.29) is 11.9 Å². The molecule has 4 heteroatoms. The molecule has 0 aromatic heterocycles. The molecule has 2 aromatic rings. The van der Waals surface area contributed by atoms with E-state index >= 15 is 0 Å². The Morgan fingerprint density at radius 3 is 2.78 bits per heavy atom. The minimum Gasteiger partial charge on any atom is -0.496 e. The molecule has 0 radical (unpaired) electrons. The SMILES string of the molecule is COc1ccccc1C(=O)NCC(C)N1CCc2ccccc21. The summed E-state index contributed by atoms with van der Waals surface area (Å²) in [6.45, 7) is 3.75. The number of hydrogen-bond donors (Lipinski definition) is 1. The molecule has 0 fully saturated rings. The smallest absolute Gasteiger partial charge is 0.255 e. The number of amides is 1. The number of anilines is 1. The molecule has 1 N–H and O–H groups in total. The maximum atomic E-state index is 12.4. The predicted octanol–water partition coefficient (Wildman–Crippen LogP) is 2.88. The Bertz CT molecular complexity index is 699. The third kappa shape index (κ3) is 3.16. The Labute approximate surface area is 137 Å². The predicted molar refractivity (Wildman–Crippen MR) is 92.3 cm³/mol. The van der Waals surface area contributed by atoms with E-state index in [1.165, 1.54) is 11.3 Å². The molecule has 1 aliphatic heterocycles. The maximum Gasteiger partial charge on any atom is 0.255 e. The molecular formula is C19H22N2O2. The van der Waals surface area contributed by atoms with Crippen molar-refractivity contribution in [3.05, 3.63) is 59.7 Å². The lowest BCUT2D eigenvalue weighted by atomic mass is 10.1. The second-order valence-electron chi connectivity index (χ2n) is 5.83. The summed E-state index contributed by atoms with van der Waals surface area (Å²) in [6, 6.07) is 16.0. The number of hydrogen-bond acceptors (Lipinski definition) is 3. The number of carbonyl (C=O) groups is 1. The van der Waals surface area contributed by atoms with Gasteiger partial charge < -0.3 is 15.0 Å². The van der Waals surface area contributed by atoms with Crippen LogP contribution in [0.15, 0.2) is 48.5 Å². The van der Waals surface area contributed by atoms with Crippen molar-refractivity contribution in [1.29, 1.82) is 0 Å². The third-order valence-electron chi connectivity index (χ3n) is 4.36. The monoisotopic (exact) mass is 310 g/mol. The van der Waals surface area contributed by atoms with Gasteiger partial charge in [0, 0.05) is 24.8 Å². The number of nitrogens with zero attached hydrogens (tertiary/aromatic N) is 1. The van der Waals surface area contributed by atoms with Crippen LogP contribution in [0.2, 0.25) is 0 Å². The second-order valence-corrected chi connectivity index (χ2v) is 5.83. The number of ether oxygens (including phenoxy) is 1. The van der Waals surface area contributed by atoms with Crippen LogP contribution in [0.5, 0.6) is 5.75 Å². The zero-order chi connectivity index (χ0) is 16.2. The van der Waals surface area contributed by atoms with E-state index in [1.54, 1.807) is 19.2 Å². The lowest BCUT2D eigenvalue weighted by molar-refractivity contribution is 0.0948. The molecule has 4 nitrogen and oxygen atoms in total. The molecule has 0 bridgehead atoms. The fourth-order valence-corrected chi connectivity index (χ4v) is 3.10. The third-order valence-corrected chi connectivity index (χ3v) is 4.36. The Kier molecular flexibility index (Phi) is 4.51. The van der Waals surface area contributed by atoms with Gasteiger partial charge in [-0.25, -0.2) is 0 Å². The highest BCUT2D eigenvalue weighted by atomic mass is 16.5. The zero-order valence-electron chi connectivity index (χ0n) is 13.6. The summed E-state index contributed by atoms with van der Waals surface area (Å²) in [5, 5.41) is 3.02. The lowest BCUT2D eigenvalue weighted by Gasteiger charge is -2.27. The van der Waals surface area contributed by atoms with Gasteiger partial charge in [0.25, 0.3) is 5.91 Å². The number of fused-ring (bicyclic) bond motifs is 1. The molecule has 23 heavy (non-hydrogen) atoms. The van der Waals surface area contributed by atoms with Crippen molar-refractivity contribution < 1.29 is 9.53 Å². The van der Waals surface area contributed by atoms with Gasteiger partial charge in [0.2, 0.25) is 0 Å². The first-order valence-corrected chi connectivity index (χ1v) is 7.96. The standard InChI is InChI=1S/C19H22N2O2/c1-14(21-12-11-15-7-3-5-9-17(15)21)13-20-19(22)16-8-4-6-10-18(16)23-2/h3-10,14H,11-13H2,1-2H3,(H,20,22). The molecular weight excluding hydrogens is 288 g/mol. The average molecular weight is 310 g/mol. The average Bonchev–Trinajstić information content (AvgIpc) is 3.03. The topological polar surface area (TPSA) is 41.6 Å². The number of para-hydroxylation sites is 2. The highest BCUT2D eigenvalue weighted by Crippen LogP contribution is 2.29. The summed E-state index contributed by atoms with van der Waals surface area (Å²) in [6.07, 6.45) is 1.07. The quantitative estimate of drug-likeness (QED) is 0.923. The van der Waals surface area contributed by atoms with Crippen molar-refractivity contribution >= 4 is 11.6 Å². The van der Waals surface area contributed by atoms with Crippen LogP contribution < -0.4 is 15.0 Å². The highest BCUT2D eigenvalue weighted by Gasteiger charge is 2.23. The summed E-state index contributed by atoms with van der Waals surface area (Å²) in [4.78, 5) is 14.7. The van der Waals surface area contributed by atoms with Gasteiger partial charge in [0.1, 0.15) is 5.75 Å². The minimum absolute atomic E-state index is 0.0956. The van der Waals surface area contributed by atoms with Crippen molar-refractivity contribution in [2.45, 2.75) is 19.4 Å². The molecule has 0 spiro atoms. The van der Waals surface area contributed by atoms with E-state index in [0.717, 1.165) is 13.0 Å². The van der Waals surface area contributed by atoms with Gasteiger partial charge in [0.05, 0.1) is 12.7 Å². The van der Waals surface area contributed by atoms with Crippen LogP contribution in [0, 0.1) is 0 Å². The van der Waals surface area contributed by atoms with E-state index in [4.69, 9.17) is 4.74 Å². The number of benzene rings is 2. The molecule has 1 aliphatic rings. The number of nitrogens with one attached hydrogen (secondary N) is 1. The summed E-state index contributed by atoms with van der Waals surface area (Å²) in [5.74, 6) is 0.506. The van der Waals surface area contributed by atoms with Crippen molar-refractivity contribution in [3.63, 3.8) is 0 Å². The molecule has 120 valence electrons. The molecule has 2 aromatic carbocycles. The Balaban J connectivity index is 1.63. The zero-order valence-corrected chi connectivity index (χ0v) is 13.6. The van der Waals surface area contributed by atoms with Gasteiger partial charge in [-0.15, -0.1) is 0 Å². The van der Waals surface area contributed by atoms with Gasteiger partial charge in [-0.1, -0.05) is 30.3 Å². The second kappa shape index (κ2) is 6.73. The molecule has 1 heterocycles. The summed E-state index contributed by atoms with van der Waals surface area (Å²) in [7, 11) is 1.58. The molecule has 1 amide bonds. The van der Waals surface area contributed by atoms with E-state index in [9.17, 15) is 4.79 Å². The minimum atomic E-state index is -0.0956. The van der Waals surface area contributed by atoms with Crippen molar-refractivity contribution in [2.75, 3.05) is 25.1 Å². The first-order valence-electron chi connectivity index (χ1n) is 7.96. The van der Waals surface area contributed by atoms with Gasteiger partial charge in [0.15, 0.2) is 0 Å². The van der Waals surface area contributed by atoms with Crippen LogP contribution in [-0.4, -0.2) is 32.1 Å². The van der Waals surface area contributed by atoms with Crippen LogP contribution in [-0.2, 0) is 6.42 Å². The number of methoxy groups -OCH3 is 1. The Hall–Kier alpha value is -2.49. The van der Waals surface area contributed by atoms with Crippen LogP contribution >= 0.6 is 0 Å². The van der Waals surface area contributed by atoms with Crippen LogP contribution in [0.3, 0.4) is 0 Å². The molecule has 0 aliphatic carbocycles. The summed E-state index contributed by atoms with van der Waals surface area (Å²) in [5.41, 5.74) is 3.24. The number of rotatable bonds is 5. The normalized spacial score (nSPS) is 14.3. The van der Waals surface area contributed by atoms with Crippen molar-refractivity contribution in [2.24, 2.45) is 0 Å². The van der Waals surface area contributed by atoms with Crippen LogP contribution in [0.25, 0.3) is 0 Å². The fraction of sp³-hybridized carbons (Fsp3) is 0.316.